The van der Waals surface area contributed by atoms with Gasteiger partial charge in [0, 0.05) is 35.2 Å². The molecule has 3 unspecified atom stereocenters. The first-order valence-electron chi connectivity index (χ1n) is 11.1. The summed E-state index contributed by atoms with van der Waals surface area (Å²) in [5.74, 6) is -3.06. The number of carboxylic acid groups (broad SMARTS) is 1. The van der Waals surface area contributed by atoms with E-state index in [0.717, 1.165) is 30.4 Å². The number of carboxylic acids is 1. The fourth-order valence-electron chi connectivity index (χ4n) is 4.05. The fraction of sp³-hybridized carbons (Fsp3) is 0.364. The third-order valence-electron chi connectivity index (χ3n) is 5.99. The van der Waals surface area contributed by atoms with Crippen molar-refractivity contribution in [2.24, 2.45) is 15.9 Å². The third-order valence-corrected chi connectivity index (χ3v) is 8.01. The van der Waals surface area contributed by atoms with E-state index >= 15 is 0 Å². The highest BCUT2D eigenvalue weighted by Gasteiger charge is 2.51. The number of nitrogens with two attached hydrogens (primary N) is 1. The Hall–Kier alpha value is -3.20. The number of thioether (sulfide) groups is 1. The SMILES string of the molecule is NC1(/C(=N/OC2C=CCC2)C(=O)NC2C(=O)N3C=C(C[n+]4ccc(C(=O)[O-])cc4)CS[C@H]23)N=CSN1. The second-order valence-corrected chi connectivity index (χ2v) is 10.3. The molecule has 0 spiro atoms. The van der Waals surface area contributed by atoms with Crippen LogP contribution in [-0.4, -0.2) is 63.0 Å². The van der Waals surface area contributed by atoms with Crippen LogP contribution in [0.4, 0.5) is 0 Å². The zero-order chi connectivity index (χ0) is 25.3. The molecule has 1 fully saturated rings. The van der Waals surface area contributed by atoms with Gasteiger partial charge in [-0.1, -0.05) is 11.2 Å². The average molecular weight is 530 g/mol. The number of rotatable bonds is 8. The molecule has 36 heavy (non-hydrogen) atoms. The van der Waals surface area contributed by atoms with Crippen LogP contribution in [0.15, 0.2) is 58.6 Å². The largest absolute Gasteiger partial charge is 0.545 e. The molecule has 0 aromatic carbocycles. The molecule has 0 bridgehead atoms. The summed E-state index contributed by atoms with van der Waals surface area (Å²) in [6, 6.07) is 2.19. The molecule has 3 aliphatic heterocycles. The normalized spacial score (nSPS) is 29.0. The van der Waals surface area contributed by atoms with Gasteiger partial charge in [0.2, 0.25) is 11.5 Å². The van der Waals surface area contributed by atoms with Crippen LogP contribution >= 0.6 is 23.7 Å². The first-order valence-corrected chi connectivity index (χ1v) is 13.1. The molecule has 0 saturated carbocycles. The van der Waals surface area contributed by atoms with Crippen molar-refractivity contribution < 1.29 is 28.9 Å². The Morgan fingerprint density at radius 1 is 1.42 bits per heavy atom. The summed E-state index contributed by atoms with van der Waals surface area (Å²) in [6.45, 7) is 0.495. The minimum absolute atomic E-state index is 0.0965. The fourth-order valence-corrected chi connectivity index (χ4v) is 5.90. The molecule has 4 aliphatic rings. The van der Waals surface area contributed by atoms with Crippen LogP contribution in [0.1, 0.15) is 23.2 Å². The number of aromatic carboxylic acids is 1. The van der Waals surface area contributed by atoms with Gasteiger partial charge in [-0.05, 0) is 30.9 Å². The van der Waals surface area contributed by atoms with Crippen LogP contribution < -0.4 is 25.4 Å². The summed E-state index contributed by atoms with van der Waals surface area (Å²) in [7, 11) is 0. The number of hydrogen-bond acceptors (Lipinski definition) is 11. The lowest BCUT2D eigenvalue weighted by atomic mass is 10.1. The van der Waals surface area contributed by atoms with Crippen LogP contribution in [0, 0.1) is 0 Å². The number of hydrogen-bond donors (Lipinski definition) is 3. The Labute approximate surface area is 214 Å². The zero-order valence-corrected chi connectivity index (χ0v) is 20.5. The van der Waals surface area contributed by atoms with Crippen molar-refractivity contribution in [1.82, 2.24) is 14.9 Å². The van der Waals surface area contributed by atoms with E-state index in [9.17, 15) is 19.5 Å². The Kier molecular flexibility index (Phi) is 6.83. The summed E-state index contributed by atoms with van der Waals surface area (Å²) in [6.07, 6.45) is 10.3. The first-order chi connectivity index (χ1) is 17.3. The van der Waals surface area contributed by atoms with Gasteiger partial charge in [-0.3, -0.25) is 15.3 Å². The van der Waals surface area contributed by atoms with E-state index < -0.39 is 23.7 Å². The van der Waals surface area contributed by atoms with Gasteiger partial charge in [0.15, 0.2) is 18.9 Å². The van der Waals surface area contributed by atoms with Gasteiger partial charge >= 0.3 is 0 Å². The molecule has 14 heteroatoms. The van der Waals surface area contributed by atoms with Gasteiger partial charge in [-0.2, -0.15) is 0 Å². The second-order valence-electron chi connectivity index (χ2n) is 8.54. The maximum atomic E-state index is 13.2. The highest BCUT2D eigenvalue weighted by atomic mass is 32.2. The monoisotopic (exact) mass is 529 g/mol. The van der Waals surface area contributed by atoms with Crippen molar-refractivity contribution in [2.75, 3.05) is 5.75 Å². The molecule has 4 heterocycles. The minimum Gasteiger partial charge on any atom is -0.545 e. The summed E-state index contributed by atoms with van der Waals surface area (Å²) in [5.41, 5.74) is 8.62. The minimum atomic E-state index is -1.57. The van der Waals surface area contributed by atoms with Crippen molar-refractivity contribution in [3.05, 3.63) is 54.0 Å². The van der Waals surface area contributed by atoms with Gasteiger partial charge in [0.05, 0.1) is 11.5 Å². The molecule has 1 aromatic heterocycles. The van der Waals surface area contributed by atoms with Crippen molar-refractivity contribution in [2.45, 2.75) is 42.7 Å². The van der Waals surface area contributed by atoms with E-state index in [4.69, 9.17) is 10.6 Å². The van der Waals surface area contributed by atoms with E-state index in [-0.39, 0.29) is 28.7 Å². The topological polar surface area (TPSA) is 165 Å². The highest BCUT2D eigenvalue weighted by molar-refractivity contribution is 8.10. The molecule has 4 N–H and O–H groups in total. The Morgan fingerprint density at radius 2 is 2.22 bits per heavy atom. The lowest BCUT2D eigenvalue weighted by Gasteiger charge is -2.47. The number of carbonyl (C=O) groups is 3. The van der Waals surface area contributed by atoms with E-state index in [1.165, 1.54) is 29.4 Å². The quantitative estimate of drug-likeness (QED) is 0.0917. The number of aliphatic imine (C=N–C) groups is 1. The smallest absolute Gasteiger partial charge is 0.275 e. The average Bonchev–Trinajstić information content (AvgIpc) is 3.55. The number of β-lactam (4-membered cyclic amide) rings is 1. The first kappa shape index (κ1) is 24.5. The van der Waals surface area contributed by atoms with Crippen molar-refractivity contribution in [3.8, 4) is 0 Å². The van der Waals surface area contributed by atoms with Crippen molar-refractivity contribution >= 4 is 52.8 Å². The van der Waals surface area contributed by atoms with Gasteiger partial charge in [-0.15, -0.1) is 11.8 Å². The van der Waals surface area contributed by atoms with Crippen LogP contribution in [0.25, 0.3) is 0 Å². The number of amides is 2. The van der Waals surface area contributed by atoms with Gasteiger partial charge in [-0.25, -0.2) is 14.3 Å². The number of carbonyl (C=O) groups excluding carboxylic acids is 3. The summed E-state index contributed by atoms with van der Waals surface area (Å²) in [4.78, 5) is 48.1. The maximum Gasteiger partial charge on any atom is 0.275 e. The molecule has 4 atom stereocenters. The number of nitrogens with zero attached hydrogens (tertiary/aromatic N) is 4. The Morgan fingerprint density at radius 3 is 2.89 bits per heavy atom. The van der Waals surface area contributed by atoms with Gasteiger partial charge < -0.3 is 25.0 Å². The van der Waals surface area contributed by atoms with Gasteiger partial charge in [0.25, 0.3) is 11.8 Å². The van der Waals surface area contributed by atoms with E-state index in [1.54, 1.807) is 23.5 Å². The molecule has 1 saturated heterocycles. The zero-order valence-electron chi connectivity index (χ0n) is 18.9. The van der Waals surface area contributed by atoms with Crippen LogP contribution in [0.5, 0.6) is 0 Å². The molecule has 1 aliphatic carbocycles. The van der Waals surface area contributed by atoms with E-state index in [2.05, 4.69) is 20.2 Å². The van der Waals surface area contributed by atoms with E-state index in [1.807, 2.05) is 16.7 Å². The molecule has 5 rings (SSSR count). The molecule has 12 nitrogen and oxygen atoms in total. The van der Waals surface area contributed by atoms with E-state index in [0.29, 0.717) is 12.3 Å². The molecule has 2 amide bonds. The number of allylic oxidation sites excluding steroid dienone is 1. The molecular weight excluding hydrogens is 506 g/mol. The second kappa shape index (κ2) is 10.0. The lowest BCUT2D eigenvalue weighted by molar-refractivity contribution is -0.689. The Balaban J connectivity index is 1.24. The maximum absolute atomic E-state index is 13.2. The number of aromatic nitrogens is 1. The molecular formula is C22H23N7O5S2. The lowest BCUT2D eigenvalue weighted by Crippen LogP contribution is -2.70. The number of oxime groups is 1. The summed E-state index contributed by atoms with van der Waals surface area (Å²) in [5, 5.41) is 17.4. The van der Waals surface area contributed by atoms with Crippen molar-refractivity contribution in [3.63, 3.8) is 0 Å². The highest BCUT2D eigenvalue weighted by Crippen LogP contribution is 2.36. The predicted octanol–water partition coefficient (Wildman–Crippen LogP) is -1.40. The van der Waals surface area contributed by atoms with Crippen molar-refractivity contribution in [1.29, 1.82) is 0 Å². The van der Waals surface area contributed by atoms with Crippen LogP contribution in [0.2, 0.25) is 0 Å². The molecule has 0 radical (unpaired) electrons. The predicted molar refractivity (Wildman–Crippen MR) is 131 cm³/mol. The third kappa shape index (κ3) is 4.89. The number of nitrogens with one attached hydrogen (secondary N) is 2. The number of pyridine rings is 1. The summed E-state index contributed by atoms with van der Waals surface area (Å²) < 4.78 is 4.66. The van der Waals surface area contributed by atoms with Crippen LogP contribution in [0.3, 0.4) is 0 Å². The van der Waals surface area contributed by atoms with Crippen LogP contribution in [-0.2, 0) is 21.0 Å². The number of fused-ring (bicyclic) bond motifs is 1. The van der Waals surface area contributed by atoms with Gasteiger partial charge in [0.1, 0.15) is 17.5 Å². The standard InChI is InChI=1S/C22H23N7O5S2/c23-22(24-12-36-27-22)17(26-34-15-3-1-2-4-15)18(30)25-16-19(31)29-10-13(11-35-20(16)29)9-28-7-5-14(6-8-28)21(32)33/h1,3,5-8,10,12,15-16,20,27H,2,4,9,11,23H2,(H-,25,30,32,33)/b26-17+/t15?,16?,20-,22?/m1/s1. The molecule has 188 valence electrons. The Bertz CT molecular complexity index is 1200. The molecule has 1 aromatic rings. The summed E-state index contributed by atoms with van der Waals surface area (Å²) >= 11 is 2.65.